The molecule has 136 valence electrons. The number of carbonyl (C=O) groups excluding carboxylic acids is 2. The van der Waals surface area contributed by atoms with Crippen LogP contribution in [0, 0.1) is 0 Å². The van der Waals surface area contributed by atoms with Crippen LogP contribution in [0.3, 0.4) is 0 Å². The molecular formula is C22H16N4O2. The zero-order valence-corrected chi connectivity index (χ0v) is 14.8. The number of anilines is 1. The highest BCUT2D eigenvalue weighted by molar-refractivity contribution is 6.04. The second kappa shape index (κ2) is 7.67. The van der Waals surface area contributed by atoms with Gasteiger partial charge in [-0.2, -0.15) is 0 Å². The number of carbonyl (C=O) groups is 2. The molecule has 0 atom stereocenters. The van der Waals surface area contributed by atoms with E-state index in [1.807, 2.05) is 24.3 Å². The van der Waals surface area contributed by atoms with E-state index in [0.29, 0.717) is 33.5 Å². The number of hydrogen-bond donors (Lipinski definition) is 2. The van der Waals surface area contributed by atoms with Crippen molar-refractivity contribution in [2.24, 2.45) is 4.99 Å². The topological polar surface area (TPSA) is 87.2 Å². The number of amides is 2. The number of imidazole rings is 1. The molecule has 0 aliphatic carbocycles. The van der Waals surface area contributed by atoms with Crippen LogP contribution in [-0.4, -0.2) is 21.8 Å². The molecule has 1 heterocycles. The first-order valence-electron chi connectivity index (χ1n) is 8.70. The van der Waals surface area contributed by atoms with Crippen LogP contribution in [0.4, 0.5) is 5.95 Å². The summed E-state index contributed by atoms with van der Waals surface area (Å²) >= 11 is 0. The maximum Gasteiger partial charge on any atom is 0.277 e. The third-order valence-corrected chi connectivity index (χ3v) is 4.11. The van der Waals surface area contributed by atoms with Gasteiger partial charge in [-0.15, -0.1) is 0 Å². The van der Waals surface area contributed by atoms with Crippen molar-refractivity contribution in [1.82, 2.24) is 9.97 Å². The summed E-state index contributed by atoms with van der Waals surface area (Å²) in [6.45, 7) is 0. The Kier molecular flexibility index (Phi) is 4.76. The number of nitrogens with zero attached hydrogens (tertiary/aromatic N) is 2. The molecule has 0 saturated heterocycles. The molecule has 4 aromatic rings. The van der Waals surface area contributed by atoms with Crippen LogP contribution in [0.2, 0.25) is 0 Å². The van der Waals surface area contributed by atoms with E-state index in [1.54, 1.807) is 60.7 Å². The van der Waals surface area contributed by atoms with E-state index in [2.05, 4.69) is 20.3 Å². The minimum atomic E-state index is -0.356. The van der Waals surface area contributed by atoms with Crippen molar-refractivity contribution < 1.29 is 9.59 Å². The predicted molar refractivity (Wildman–Crippen MR) is 107 cm³/mol. The molecule has 6 heteroatoms. The van der Waals surface area contributed by atoms with Crippen LogP contribution in [0.15, 0.2) is 89.9 Å². The summed E-state index contributed by atoms with van der Waals surface area (Å²) in [5.74, 6) is -0.340. The number of benzene rings is 2. The Labute approximate surface area is 160 Å². The summed E-state index contributed by atoms with van der Waals surface area (Å²) < 4.78 is 0. The highest BCUT2D eigenvalue weighted by atomic mass is 16.2. The molecule has 0 aliphatic rings. The Balaban J connectivity index is 1.72. The van der Waals surface area contributed by atoms with Crippen LogP contribution in [0.25, 0.3) is 11.0 Å². The number of nitrogens with one attached hydrogen (secondary N) is 2. The number of H-pyrrole nitrogens is 1. The van der Waals surface area contributed by atoms with Crippen LogP contribution in [0.5, 0.6) is 0 Å². The first-order chi connectivity index (χ1) is 13.7. The molecule has 0 aliphatic heterocycles. The summed E-state index contributed by atoms with van der Waals surface area (Å²) in [7, 11) is 0. The molecule has 28 heavy (non-hydrogen) atoms. The standard InChI is InChI=1S/C22H16N4O2/c27-20(15-9-3-1-4-10-15)23-17-13-7-8-14-18-19(17)25-22(24-18)26-21(28)16-11-5-2-6-12-16/h1-14H,(H2,24,25,26,28). The molecule has 1 aromatic heterocycles. The summed E-state index contributed by atoms with van der Waals surface area (Å²) in [5.41, 5.74) is 2.18. The van der Waals surface area contributed by atoms with Crippen molar-refractivity contribution in [2.75, 3.05) is 5.32 Å². The fourth-order valence-electron chi connectivity index (χ4n) is 2.75. The fourth-order valence-corrected chi connectivity index (χ4v) is 2.75. The van der Waals surface area contributed by atoms with E-state index in [0.717, 1.165) is 0 Å². The Morgan fingerprint density at radius 2 is 1.39 bits per heavy atom. The van der Waals surface area contributed by atoms with Gasteiger partial charge in [0.2, 0.25) is 5.95 Å². The molecule has 0 fully saturated rings. The van der Waals surface area contributed by atoms with Crippen molar-refractivity contribution in [3.63, 3.8) is 0 Å². The number of hydrogen-bond acceptors (Lipinski definition) is 3. The fraction of sp³-hybridized carbons (Fsp3) is 0. The maximum absolute atomic E-state index is 12.5. The molecule has 2 N–H and O–H groups in total. The van der Waals surface area contributed by atoms with Crippen LogP contribution in [0.1, 0.15) is 20.7 Å². The van der Waals surface area contributed by atoms with Gasteiger partial charge in [0.25, 0.3) is 11.8 Å². The smallest absolute Gasteiger partial charge is 0.277 e. The molecule has 6 nitrogen and oxygen atoms in total. The summed E-state index contributed by atoms with van der Waals surface area (Å²) in [4.78, 5) is 36.5. The maximum atomic E-state index is 12.5. The molecule has 2 amide bonds. The van der Waals surface area contributed by atoms with Gasteiger partial charge in [-0.05, 0) is 36.4 Å². The van der Waals surface area contributed by atoms with Crippen molar-refractivity contribution >= 4 is 28.8 Å². The molecule has 0 radical (unpaired) electrons. The van der Waals surface area contributed by atoms with Gasteiger partial charge in [0.05, 0.1) is 10.9 Å². The van der Waals surface area contributed by atoms with Crippen molar-refractivity contribution in [1.29, 1.82) is 0 Å². The molecular weight excluding hydrogens is 352 g/mol. The molecule has 0 spiro atoms. The van der Waals surface area contributed by atoms with E-state index in [9.17, 15) is 9.59 Å². The van der Waals surface area contributed by atoms with E-state index < -0.39 is 0 Å². The van der Waals surface area contributed by atoms with Gasteiger partial charge in [-0.3, -0.25) is 14.9 Å². The monoisotopic (exact) mass is 368 g/mol. The van der Waals surface area contributed by atoms with Gasteiger partial charge < -0.3 is 4.98 Å². The third-order valence-electron chi connectivity index (χ3n) is 4.11. The first-order valence-corrected chi connectivity index (χ1v) is 8.70. The van der Waals surface area contributed by atoms with Crippen molar-refractivity contribution in [3.05, 3.63) is 101 Å². The molecule has 0 unspecified atom stereocenters. The Morgan fingerprint density at radius 3 is 2.11 bits per heavy atom. The van der Waals surface area contributed by atoms with E-state index in [-0.39, 0.29) is 11.8 Å². The average molecular weight is 368 g/mol. The van der Waals surface area contributed by atoms with Gasteiger partial charge in [0.15, 0.2) is 0 Å². The van der Waals surface area contributed by atoms with Crippen LogP contribution < -0.4 is 10.7 Å². The third kappa shape index (κ3) is 3.71. The first kappa shape index (κ1) is 17.4. The lowest BCUT2D eigenvalue weighted by molar-refractivity contribution is 0.0996. The van der Waals surface area contributed by atoms with E-state index in [4.69, 9.17) is 0 Å². The van der Waals surface area contributed by atoms with Crippen LogP contribution >= 0.6 is 0 Å². The summed E-state index contributed by atoms with van der Waals surface area (Å²) in [5, 5.41) is 3.16. The van der Waals surface area contributed by atoms with Crippen LogP contribution in [-0.2, 0) is 0 Å². The number of rotatable bonds is 3. The van der Waals surface area contributed by atoms with Gasteiger partial charge in [0.1, 0.15) is 5.52 Å². The largest absolute Gasteiger partial charge is 0.324 e. The number of fused-ring (bicyclic) bond motifs is 1. The lowest BCUT2D eigenvalue weighted by Gasteiger charge is -2.00. The quantitative estimate of drug-likeness (QED) is 0.580. The van der Waals surface area contributed by atoms with Gasteiger partial charge in [-0.1, -0.05) is 48.5 Å². The lowest BCUT2D eigenvalue weighted by Crippen LogP contribution is -2.13. The van der Waals surface area contributed by atoms with E-state index in [1.165, 1.54) is 0 Å². The average Bonchev–Trinajstić information content (AvgIpc) is 3.04. The van der Waals surface area contributed by atoms with Crippen molar-refractivity contribution in [2.45, 2.75) is 0 Å². The zero-order chi connectivity index (χ0) is 19.3. The Hall–Kier alpha value is -4.06. The lowest BCUT2D eigenvalue weighted by atomic mass is 10.2. The molecule has 0 bridgehead atoms. The van der Waals surface area contributed by atoms with Gasteiger partial charge in [-0.25, -0.2) is 9.98 Å². The second-order valence-electron chi connectivity index (χ2n) is 6.05. The highest BCUT2D eigenvalue weighted by Crippen LogP contribution is 2.11. The second-order valence-corrected chi connectivity index (χ2v) is 6.05. The van der Waals surface area contributed by atoms with E-state index >= 15 is 0 Å². The Morgan fingerprint density at radius 1 is 0.786 bits per heavy atom. The SMILES string of the molecule is O=C(N=c1ccccc2[nH]c(NC(=O)c3ccccc3)nc12)c1ccccc1. The van der Waals surface area contributed by atoms with Crippen molar-refractivity contribution in [3.8, 4) is 0 Å². The summed E-state index contributed by atoms with van der Waals surface area (Å²) in [6.07, 6.45) is 0. The minimum Gasteiger partial charge on any atom is -0.324 e. The summed E-state index contributed by atoms with van der Waals surface area (Å²) in [6, 6.07) is 24.8. The normalized spacial score (nSPS) is 11.4. The minimum absolute atomic E-state index is 0.275. The zero-order valence-electron chi connectivity index (χ0n) is 14.8. The number of aromatic amines is 1. The van der Waals surface area contributed by atoms with Gasteiger partial charge >= 0.3 is 0 Å². The predicted octanol–water partition coefficient (Wildman–Crippen LogP) is 3.56. The molecule has 4 rings (SSSR count). The molecule has 3 aromatic carbocycles. The Bertz CT molecular complexity index is 1220. The molecule has 0 saturated carbocycles. The number of aromatic nitrogens is 2. The highest BCUT2D eigenvalue weighted by Gasteiger charge is 2.10. The van der Waals surface area contributed by atoms with Gasteiger partial charge in [0, 0.05) is 11.1 Å².